The number of nitrogens with zero attached hydrogens (tertiary/aromatic N) is 2. The number of hydrogen-bond acceptors (Lipinski definition) is 4. The highest BCUT2D eigenvalue weighted by atomic mass is 16.6. The molecular weight excluding hydrogens is 258 g/mol. The molecule has 2 N–H and O–H groups in total. The fourth-order valence-corrected chi connectivity index (χ4v) is 2.27. The number of aliphatic hydroxyl groups is 1. The van der Waals surface area contributed by atoms with E-state index in [1.54, 1.807) is 42.9 Å². The summed E-state index contributed by atoms with van der Waals surface area (Å²) in [7, 11) is 0. The molecule has 20 heavy (non-hydrogen) atoms. The average Bonchev–Trinajstić information content (AvgIpc) is 2.90. The summed E-state index contributed by atoms with van der Waals surface area (Å²) in [5.74, 6) is 0. The van der Waals surface area contributed by atoms with Gasteiger partial charge in [-0.15, -0.1) is 0 Å². The normalized spacial score (nSPS) is 12.4. The van der Waals surface area contributed by atoms with Crippen molar-refractivity contribution in [3.8, 4) is 0 Å². The van der Waals surface area contributed by atoms with Gasteiger partial charge in [-0.25, -0.2) is 0 Å². The van der Waals surface area contributed by atoms with Gasteiger partial charge in [0.1, 0.15) is 6.10 Å². The third-order valence-corrected chi connectivity index (χ3v) is 3.24. The fourth-order valence-electron chi connectivity index (χ4n) is 2.27. The summed E-state index contributed by atoms with van der Waals surface area (Å²) >= 11 is 0. The molecule has 0 aliphatic rings. The number of H-pyrrole nitrogens is 1. The Morgan fingerprint density at radius 2 is 2.05 bits per heavy atom. The number of nitro benzene ring substituents is 1. The molecule has 0 aliphatic carbocycles. The minimum absolute atomic E-state index is 0.0941. The van der Waals surface area contributed by atoms with Crippen molar-refractivity contribution in [2.75, 3.05) is 0 Å². The molecule has 0 spiro atoms. The number of para-hydroxylation sites is 1. The number of hydrogen-bond donors (Lipinski definition) is 2. The molecule has 2 aromatic heterocycles. The number of aliphatic hydroxyl groups excluding tert-OH is 1. The fraction of sp³-hybridized carbons (Fsp3) is 0.0714. The van der Waals surface area contributed by atoms with Crippen molar-refractivity contribution >= 4 is 16.6 Å². The van der Waals surface area contributed by atoms with Gasteiger partial charge in [0, 0.05) is 29.4 Å². The predicted molar refractivity (Wildman–Crippen MR) is 73.3 cm³/mol. The zero-order valence-corrected chi connectivity index (χ0v) is 10.4. The Bertz CT molecular complexity index is 782. The number of fused-ring (bicyclic) bond motifs is 1. The van der Waals surface area contributed by atoms with E-state index in [2.05, 4.69) is 9.97 Å². The van der Waals surface area contributed by atoms with E-state index in [4.69, 9.17) is 0 Å². The number of nitro groups is 1. The van der Waals surface area contributed by atoms with Crippen LogP contribution in [0.15, 0.2) is 48.9 Å². The van der Waals surface area contributed by atoms with Gasteiger partial charge in [0.15, 0.2) is 0 Å². The van der Waals surface area contributed by atoms with Crippen molar-refractivity contribution < 1.29 is 10.0 Å². The summed E-state index contributed by atoms with van der Waals surface area (Å²) in [6.45, 7) is 0. The lowest BCUT2D eigenvalue weighted by Gasteiger charge is -2.10. The SMILES string of the molecule is O=[N+]([O-])c1ccccc1C(O)c1c[nH]c2cnccc12. The van der Waals surface area contributed by atoms with Crippen LogP contribution in [0.25, 0.3) is 10.9 Å². The van der Waals surface area contributed by atoms with E-state index in [1.165, 1.54) is 6.07 Å². The zero-order chi connectivity index (χ0) is 14.1. The van der Waals surface area contributed by atoms with Crippen molar-refractivity contribution in [3.05, 3.63) is 70.2 Å². The van der Waals surface area contributed by atoms with Crippen molar-refractivity contribution in [2.24, 2.45) is 0 Å². The molecule has 0 bridgehead atoms. The van der Waals surface area contributed by atoms with Crippen LogP contribution in [-0.2, 0) is 0 Å². The molecule has 1 unspecified atom stereocenters. The Labute approximate surface area is 113 Å². The van der Waals surface area contributed by atoms with Crippen LogP contribution in [0, 0.1) is 10.1 Å². The van der Waals surface area contributed by atoms with Crippen LogP contribution >= 0.6 is 0 Å². The first kappa shape index (κ1) is 12.3. The summed E-state index contributed by atoms with van der Waals surface area (Å²) in [4.78, 5) is 17.5. The Balaban J connectivity index is 2.13. The Hall–Kier alpha value is -2.73. The second-order valence-electron chi connectivity index (χ2n) is 4.38. The van der Waals surface area contributed by atoms with E-state index in [0.29, 0.717) is 5.56 Å². The molecule has 0 saturated heterocycles. The molecule has 0 fully saturated rings. The summed E-state index contributed by atoms with van der Waals surface area (Å²) in [6, 6.07) is 7.95. The lowest BCUT2D eigenvalue weighted by atomic mass is 10.00. The number of nitrogens with one attached hydrogen (secondary N) is 1. The van der Waals surface area contributed by atoms with Crippen LogP contribution in [0.4, 0.5) is 5.69 Å². The van der Waals surface area contributed by atoms with Crippen LogP contribution in [0.3, 0.4) is 0 Å². The Kier molecular flexibility index (Phi) is 2.92. The predicted octanol–water partition coefficient (Wildman–Crippen LogP) is 2.55. The lowest BCUT2D eigenvalue weighted by molar-refractivity contribution is -0.386. The topological polar surface area (TPSA) is 92.0 Å². The second kappa shape index (κ2) is 4.75. The molecule has 1 atom stereocenters. The molecule has 6 heteroatoms. The third kappa shape index (κ3) is 1.92. The minimum Gasteiger partial charge on any atom is -0.383 e. The van der Waals surface area contributed by atoms with Gasteiger partial charge in [0.2, 0.25) is 0 Å². The van der Waals surface area contributed by atoms with Gasteiger partial charge >= 0.3 is 0 Å². The maximum absolute atomic E-state index is 11.0. The number of aromatic amines is 1. The van der Waals surface area contributed by atoms with Crippen LogP contribution in [0.2, 0.25) is 0 Å². The maximum atomic E-state index is 11.0. The Morgan fingerprint density at radius 3 is 2.85 bits per heavy atom. The first-order chi connectivity index (χ1) is 9.68. The number of aromatic nitrogens is 2. The molecule has 100 valence electrons. The molecule has 6 nitrogen and oxygen atoms in total. The van der Waals surface area contributed by atoms with Crippen molar-refractivity contribution in [2.45, 2.75) is 6.10 Å². The molecular formula is C14H11N3O3. The monoisotopic (exact) mass is 269 g/mol. The molecule has 2 heterocycles. The lowest BCUT2D eigenvalue weighted by Crippen LogP contribution is -2.03. The van der Waals surface area contributed by atoms with E-state index in [-0.39, 0.29) is 11.3 Å². The molecule has 3 rings (SSSR count). The van der Waals surface area contributed by atoms with Crippen LogP contribution in [0.5, 0.6) is 0 Å². The van der Waals surface area contributed by atoms with E-state index >= 15 is 0 Å². The van der Waals surface area contributed by atoms with Crippen molar-refractivity contribution in [3.63, 3.8) is 0 Å². The third-order valence-electron chi connectivity index (χ3n) is 3.24. The number of benzene rings is 1. The average molecular weight is 269 g/mol. The summed E-state index contributed by atoms with van der Waals surface area (Å²) in [5.41, 5.74) is 1.55. The maximum Gasteiger partial charge on any atom is 0.275 e. The first-order valence-electron chi connectivity index (χ1n) is 6.01. The highest BCUT2D eigenvalue weighted by Crippen LogP contribution is 2.33. The second-order valence-corrected chi connectivity index (χ2v) is 4.38. The number of rotatable bonds is 3. The molecule has 0 aliphatic heterocycles. The number of pyridine rings is 1. The van der Waals surface area contributed by atoms with E-state index in [0.717, 1.165) is 10.9 Å². The highest BCUT2D eigenvalue weighted by molar-refractivity contribution is 5.83. The molecule has 1 aromatic carbocycles. The van der Waals surface area contributed by atoms with Gasteiger partial charge in [-0.05, 0) is 12.1 Å². The Morgan fingerprint density at radius 1 is 1.25 bits per heavy atom. The summed E-state index contributed by atoms with van der Waals surface area (Å²) in [6.07, 6.45) is 3.84. The van der Waals surface area contributed by atoms with Crippen LogP contribution in [-0.4, -0.2) is 20.0 Å². The molecule has 0 amide bonds. The van der Waals surface area contributed by atoms with Crippen LogP contribution < -0.4 is 0 Å². The minimum atomic E-state index is -1.06. The van der Waals surface area contributed by atoms with E-state index in [9.17, 15) is 15.2 Å². The standard InChI is InChI=1S/C14H11N3O3/c18-14(10-3-1-2-4-13(10)17(19)20)11-7-16-12-8-15-6-5-9(11)12/h1-8,14,16,18H. The van der Waals surface area contributed by atoms with Gasteiger partial charge in [-0.1, -0.05) is 12.1 Å². The molecule has 0 saturated carbocycles. The van der Waals surface area contributed by atoms with Gasteiger partial charge in [0.25, 0.3) is 5.69 Å². The van der Waals surface area contributed by atoms with E-state index in [1.807, 2.05) is 0 Å². The van der Waals surface area contributed by atoms with Crippen molar-refractivity contribution in [1.82, 2.24) is 9.97 Å². The van der Waals surface area contributed by atoms with Gasteiger partial charge in [0.05, 0.1) is 22.2 Å². The molecule has 0 radical (unpaired) electrons. The zero-order valence-electron chi connectivity index (χ0n) is 10.4. The van der Waals surface area contributed by atoms with Crippen LogP contribution in [0.1, 0.15) is 17.2 Å². The first-order valence-corrected chi connectivity index (χ1v) is 6.01. The van der Waals surface area contributed by atoms with Gasteiger partial charge in [-0.2, -0.15) is 0 Å². The summed E-state index contributed by atoms with van der Waals surface area (Å²) < 4.78 is 0. The smallest absolute Gasteiger partial charge is 0.275 e. The molecule has 3 aromatic rings. The highest BCUT2D eigenvalue weighted by Gasteiger charge is 2.23. The quantitative estimate of drug-likeness (QED) is 0.564. The van der Waals surface area contributed by atoms with E-state index < -0.39 is 11.0 Å². The largest absolute Gasteiger partial charge is 0.383 e. The van der Waals surface area contributed by atoms with Gasteiger partial charge < -0.3 is 10.1 Å². The summed E-state index contributed by atoms with van der Waals surface area (Å²) in [5, 5.41) is 22.3. The van der Waals surface area contributed by atoms with Crippen molar-refractivity contribution in [1.29, 1.82) is 0 Å². The van der Waals surface area contributed by atoms with Gasteiger partial charge in [-0.3, -0.25) is 15.1 Å².